The maximum atomic E-state index is 12.9. The Bertz CT molecular complexity index is 692. The zero-order valence-corrected chi connectivity index (χ0v) is 14.8. The molecule has 0 aromatic heterocycles. The van der Waals surface area contributed by atoms with Gasteiger partial charge in [-0.05, 0) is 36.2 Å². The summed E-state index contributed by atoms with van der Waals surface area (Å²) in [7, 11) is 0. The Morgan fingerprint density at radius 1 is 1.08 bits per heavy atom. The highest BCUT2D eigenvalue weighted by Crippen LogP contribution is 2.19. The van der Waals surface area contributed by atoms with Gasteiger partial charge in [0.05, 0.1) is 0 Å². The van der Waals surface area contributed by atoms with Crippen LogP contribution in [-0.2, 0) is 16.0 Å². The second-order valence-electron chi connectivity index (χ2n) is 5.54. The van der Waals surface area contributed by atoms with E-state index in [4.69, 9.17) is 0 Å². The van der Waals surface area contributed by atoms with Gasteiger partial charge in [0.2, 0.25) is 11.8 Å². The largest absolute Gasteiger partial charge is 0.354 e. The van der Waals surface area contributed by atoms with Gasteiger partial charge in [0.15, 0.2) is 0 Å². The number of hydrogen-bond donors (Lipinski definition) is 2. The van der Waals surface area contributed by atoms with Gasteiger partial charge in [-0.25, -0.2) is 4.39 Å². The van der Waals surface area contributed by atoms with Gasteiger partial charge in [-0.3, -0.25) is 9.59 Å². The first-order valence-electron chi connectivity index (χ1n) is 8.01. The molecule has 0 aliphatic carbocycles. The van der Waals surface area contributed by atoms with Gasteiger partial charge in [-0.15, -0.1) is 11.8 Å². The number of hydrogen-bond acceptors (Lipinski definition) is 3. The predicted molar refractivity (Wildman–Crippen MR) is 97.9 cm³/mol. The fourth-order valence-electron chi connectivity index (χ4n) is 2.24. The molecule has 0 aliphatic heterocycles. The van der Waals surface area contributed by atoms with Gasteiger partial charge in [0.25, 0.3) is 0 Å². The summed E-state index contributed by atoms with van der Waals surface area (Å²) in [6.45, 7) is 1.88. The van der Waals surface area contributed by atoms with Crippen LogP contribution in [0.5, 0.6) is 0 Å². The predicted octanol–water partition coefficient (Wildman–Crippen LogP) is 2.78. The van der Waals surface area contributed by atoms with E-state index in [9.17, 15) is 14.0 Å². The van der Waals surface area contributed by atoms with Gasteiger partial charge >= 0.3 is 0 Å². The van der Waals surface area contributed by atoms with E-state index in [-0.39, 0.29) is 17.6 Å². The van der Waals surface area contributed by atoms with Crippen molar-refractivity contribution in [2.24, 2.45) is 0 Å². The molecule has 2 aromatic carbocycles. The van der Waals surface area contributed by atoms with Crippen molar-refractivity contribution >= 4 is 23.6 Å². The van der Waals surface area contributed by atoms with Crippen molar-refractivity contribution in [3.8, 4) is 0 Å². The SMILES string of the molecule is CC(=O)NC(CSc1ccc(F)cc1)C(=O)NCCc1ccccc1. The van der Waals surface area contributed by atoms with E-state index >= 15 is 0 Å². The van der Waals surface area contributed by atoms with Crippen LogP contribution in [0.4, 0.5) is 4.39 Å². The Kier molecular flexibility index (Phi) is 7.47. The third-order valence-corrected chi connectivity index (χ3v) is 4.59. The van der Waals surface area contributed by atoms with Crippen LogP contribution >= 0.6 is 11.8 Å². The molecule has 1 unspecified atom stereocenters. The third-order valence-electron chi connectivity index (χ3n) is 3.48. The molecule has 2 N–H and O–H groups in total. The smallest absolute Gasteiger partial charge is 0.243 e. The molecule has 132 valence electrons. The number of carbonyl (C=O) groups excluding carboxylic acids is 2. The maximum absolute atomic E-state index is 12.9. The molecule has 2 aromatic rings. The normalized spacial score (nSPS) is 11.6. The molecule has 0 saturated carbocycles. The molecule has 0 fully saturated rings. The van der Waals surface area contributed by atoms with Crippen molar-refractivity contribution in [1.82, 2.24) is 10.6 Å². The van der Waals surface area contributed by atoms with Gasteiger partial charge in [0.1, 0.15) is 11.9 Å². The highest BCUT2D eigenvalue weighted by atomic mass is 32.2. The first kappa shape index (κ1) is 19.0. The van der Waals surface area contributed by atoms with E-state index in [0.717, 1.165) is 16.9 Å². The fraction of sp³-hybridized carbons (Fsp3) is 0.263. The molecule has 0 heterocycles. The monoisotopic (exact) mass is 360 g/mol. The number of nitrogens with one attached hydrogen (secondary N) is 2. The number of amides is 2. The Morgan fingerprint density at radius 2 is 1.76 bits per heavy atom. The average Bonchev–Trinajstić information content (AvgIpc) is 2.60. The Labute approximate surface area is 151 Å². The molecular formula is C19H21FN2O2S. The molecule has 4 nitrogen and oxygen atoms in total. The minimum Gasteiger partial charge on any atom is -0.354 e. The molecule has 0 saturated heterocycles. The quantitative estimate of drug-likeness (QED) is 0.712. The summed E-state index contributed by atoms with van der Waals surface area (Å²) in [4.78, 5) is 24.5. The molecule has 0 aliphatic rings. The van der Waals surface area contributed by atoms with Gasteiger partial charge in [0, 0.05) is 24.1 Å². The standard InChI is InChI=1S/C19H21FN2O2S/c1-14(23)22-18(13-25-17-9-7-16(20)8-10-17)19(24)21-12-11-15-5-3-2-4-6-15/h2-10,18H,11-13H2,1H3,(H,21,24)(H,22,23). The van der Waals surface area contributed by atoms with Crippen LogP contribution in [0.15, 0.2) is 59.5 Å². The lowest BCUT2D eigenvalue weighted by Crippen LogP contribution is -2.48. The highest BCUT2D eigenvalue weighted by Gasteiger charge is 2.19. The molecular weight excluding hydrogens is 339 g/mol. The Hall–Kier alpha value is -2.34. The second-order valence-corrected chi connectivity index (χ2v) is 6.64. The van der Waals surface area contributed by atoms with Crippen LogP contribution in [0.3, 0.4) is 0 Å². The number of benzene rings is 2. The van der Waals surface area contributed by atoms with Crippen molar-refractivity contribution < 1.29 is 14.0 Å². The highest BCUT2D eigenvalue weighted by molar-refractivity contribution is 7.99. The molecule has 25 heavy (non-hydrogen) atoms. The molecule has 0 radical (unpaired) electrons. The van der Waals surface area contributed by atoms with Crippen LogP contribution in [0.2, 0.25) is 0 Å². The molecule has 6 heteroatoms. The van der Waals surface area contributed by atoms with E-state index in [2.05, 4.69) is 10.6 Å². The lowest BCUT2D eigenvalue weighted by molar-refractivity contribution is -0.127. The van der Waals surface area contributed by atoms with Crippen LogP contribution in [0.25, 0.3) is 0 Å². The first-order valence-corrected chi connectivity index (χ1v) is 9.00. The van der Waals surface area contributed by atoms with Crippen LogP contribution < -0.4 is 10.6 Å². The Morgan fingerprint density at radius 3 is 2.40 bits per heavy atom. The van der Waals surface area contributed by atoms with E-state index < -0.39 is 6.04 Å². The van der Waals surface area contributed by atoms with Gasteiger partial charge < -0.3 is 10.6 Å². The van der Waals surface area contributed by atoms with Crippen molar-refractivity contribution in [3.63, 3.8) is 0 Å². The van der Waals surface area contributed by atoms with E-state index in [1.54, 1.807) is 12.1 Å². The second kappa shape index (κ2) is 9.84. The topological polar surface area (TPSA) is 58.2 Å². The van der Waals surface area contributed by atoms with Crippen molar-refractivity contribution in [1.29, 1.82) is 0 Å². The summed E-state index contributed by atoms with van der Waals surface area (Å²) < 4.78 is 12.9. The van der Waals surface area contributed by atoms with Crippen molar-refractivity contribution in [3.05, 3.63) is 66.0 Å². The van der Waals surface area contributed by atoms with Gasteiger partial charge in [-0.2, -0.15) is 0 Å². The summed E-state index contributed by atoms with van der Waals surface area (Å²) >= 11 is 1.40. The van der Waals surface area contributed by atoms with E-state index in [1.165, 1.54) is 30.8 Å². The number of halogens is 1. The zero-order valence-electron chi connectivity index (χ0n) is 14.0. The fourth-order valence-corrected chi connectivity index (χ4v) is 3.16. The molecule has 2 amide bonds. The maximum Gasteiger partial charge on any atom is 0.243 e. The zero-order chi connectivity index (χ0) is 18.1. The first-order chi connectivity index (χ1) is 12.0. The van der Waals surface area contributed by atoms with Gasteiger partial charge in [-0.1, -0.05) is 30.3 Å². The van der Waals surface area contributed by atoms with E-state index in [1.807, 2.05) is 30.3 Å². The van der Waals surface area contributed by atoms with Crippen LogP contribution in [-0.4, -0.2) is 30.2 Å². The summed E-state index contributed by atoms with van der Waals surface area (Å²) in [5.74, 6) is -0.410. The number of rotatable bonds is 8. The summed E-state index contributed by atoms with van der Waals surface area (Å²) in [6.07, 6.45) is 0.727. The minimum absolute atomic E-state index is 0.222. The number of carbonyl (C=O) groups is 2. The molecule has 0 bridgehead atoms. The minimum atomic E-state index is -0.636. The van der Waals surface area contributed by atoms with Crippen LogP contribution in [0, 0.1) is 5.82 Å². The average molecular weight is 360 g/mol. The van der Waals surface area contributed by atoms with E-state index in [0.29, 0.717) is 12.3 Å². The molecule has 2 rings (SSSR count). The lowest BCUT2D eigenvalue weighted by atomic mass is 10.1. The lowest BCUT2D eigenvalue weighted by Gasteiger charge is -2.17. The summed E-state index contributed by atoms with van der Waals surface area (Å²) in [6, 6.07) is 15.3. The summed E-state index contributed by atoms with van der Waals surface area (Å²) in [5, 5.41) is 5.52. The van der Waals surface area contributed by atoms with Crippen molar-refractivity contribution in [2.75, 3.05) is 12.3 Å². The summed E-state index contributed by atoms with van der Waals surface area (Å²) in [5.41, 5.74) is 1.14. The van der Waals surface area contributed by atoms with Crippen LogP contribution in [0.1, 0.15) is 12.5 Å². The Balaban J connectivity index is 1.85. The third kappa shape index (κ3) is 6.97. The molecule has 0 spiro atoms. The van der Waals surface area contributed by atoms with Crippen molar-refractivity contribution in [2.45, 2.75) is 24.3 Å². The number of thioether (sulfide) groups is 1. The molecule has 1 atom stereocenters.